The van der Waals surface area contributed by atoms with Crippen molar-refractivity contribution in [1.29, 1.82) is 0 Å². The summed E-state index contributed by atoms with van der Waals surface area (Å²) in [6, 6.07) is 2.04. The summed E-state index contributed by atoms with van der Waals surface area (Å²) >= 11 is 1.62. The third-order valence-electron chi connectivity index (χ3n) is 4.83. The maximum absolute atomic E-state index is 12.9. The van der Waals surface area contributed by atoms with E-state index in [-0.39, 0.29) is 18.4 Å². The van der Waals surface area contributed by atoms with E-state index in [0.29, 0.717) is 26.2 Å². The van der Waals surface area contributed by atoms with Crippen molar-refractivity contribution in [3.8, 4) is 0 Å². The molecule has 0 aliphatic carbocycles. The van der Waals surface area contributed by atoms with Crippen molar-refractivity contribution in [2.75, 3.05) is 32.8 Å². The number of nitrogens with zero attached hydrogens (tertiary/aromatic N) is 2. The van der Waals surface area contributed by atoms with Gasteiger partial charge in [0.15, 0.2) is 0 Å². The lowest BCUT2D eigenvalue weighted by molar-refractivity contribution is 0.222. The highest BCUT2D eigenvalue weighted by Gasteiger charge is 2.41. The summed E-state index contributed by atoms with van der Waals surface area (Å²) in [5, 5.41) is 13.7. The molecule has 2 aliphatic heterocycles. The zero-order chi connectivity index (χ0) is 15.6. The molecule has 1 N–H and O–H groups in total. The van der Waals surface area contributed by atoms with Crippen LogP contribution in [0.5, 0.6) is 0 Å². The highest BCUT2D eigenvalue weighted by molar-refractivity contribution is 7.86. The van der Waals surface area contributed by atoms with Gasteiger partial charge < -0.3 is 5.11 Å². The van der Waals surface area contributed by atoms with Crippen molar-refractivity contribution in [2.45, 2.75) is 31.6 Å². The molecule has 0 spiro atoms. The average molecular weight is 345 g/mol. The van der Waals surface area contributed by atoms with Crippen LogP contribution in [0.3, 0.4) is 0 Å². The van der Waals surface area contributed by atoms with Gasteiger partial charge in [-0.3, -0.25) is 0 Å². The second-order valence-corrected chi connectivity index (χ2v) is 8.95. The topological polar surface area (TPSA) is 60.9 Å². The Morgan fingerprint density at radius 1 is 1.14 bits per heavy atom. The second-order valence-electron chi connectivity index (χ2n) is 6.24. The lowest BCUT2D eigenvalue weighted by atomic mass is 9.92. The first-order valence-corrected chi connectivity index (χ1v) is 10.3. The van der Waals surface area contributed by atoms with Crippen molar-refractivity contribution in [1.82, 2.24) is 8.61 Å². The first kappa shape index (κ1) is 16.4. The Labute approximate surface area is 136 Å². The summed E-state index contributed by atoms with van der Waals surface area (Å²) in [4.78, 5) is 0. The lowest BCUT2D eigenvalue weighted by Gasteiger charge is -2.26. The fraction of sp³-hybridized carbons (Fsp3) is 0.733. The van der Waals surface area contributed by atoms with E-state index < -0.39 is 10.2 Å². The van der Waals surface area contributed by atoms with Crippen molar-refractivity contribution in [3.05, 3.63) is 22.4 Å². The maximum atomic E-state index is 12.9. The van der Waals surface area contributed by atoms with Gasteiger partial charge in [0.1, 0.15) is 0 Å². The van der Waals surface area contributed by atoms with E-state index in [4.69, 9.17) is 0 Å². The predicted octanol–water partition coefficient (Wildman–Crippen LogP) is 1.88. The quantitative estimate of drug-likeness (QED) is 0.907. The van der Waals surface area contributed by atoms with Crippen LogP contribution in [-0.2, 0) is 10.2 Å². The molecular weight excluding hydrogens is 320 g/mol. The summed E-state index contributed by atoms with van der Waals surface area (Å²) in [5.74, 6) is 0.106. The average Bonchev–Trinajstić information content (AvgIpc) is 3.09. The molecule has 22 heavy (non-hydrogen) atoms. The minimum Gasteiger partial charge on any atom is -0.396 e. The molecule has 5 nitrogen and oxygen atoms in total. The summed E-state index contributed by atoms with van der Waals surface area (Å²) in [6.45, 7) is 2.21. The molecule has 2 aliphatic rings. The third kappa shape index (κ3) is 3.23. The molecule has 3 rings (SSSR count). The summed E-state index contributed by atoms with van der Waals surface area (Å²) in [7, 11) is -3.39. The van der Waals surface area contributed by atoms with E-state index in [1.54, 1.807) is 19.9 Å². The minimum absolute atomic E-state index is 0.00338. The molecule has 0 radical (unpaired) electrons. The van der Waals surface area contributed by atoms with Gasteiger partial charge in [0.2, 0.25) is 0 Å². The number of rotatable bonds is 4. The monoisotopic (exact) mass is 344 g/mol. The van der Waals surface area contributed by atoms with Crippen LogP contribution >= 0.6 is 11.3 Å². The Morgan fingerprint density at radius 2 is 1.86 bits per heavy atom. The molecule has 0 saturated carbocycles. The Kier molecular flexibility index (Phi) is 5.19. The SMILES string of the molecule is O=S(=O)(N1CCCCCC1)N1C[C@@H](CO)[C@@H](c2ccsc2)C1. The number of thiophene rings is 1. The van der Waals surface area contributed by atoms with E-state index in [9.17, 15) is 13.5 Å². The van der Waals surface area contributed by atoms with Crippen LogP contribution in [0.2, 0.25) is 0 Å². The Balaban J connectivity index is 1.77. The fourth-order valence-corrected chi connectivity index (χ4v) is 6.00. The van der Waals surface area contributed by atoms with Crippen molar-refractivity contribution >= 4 is 21.5 Å². The van der Waals surface area contributed by atoms with Crippen LogP contribution in [0, 0.1) is 5.92 Å². The van der Waals surface area contributed by atoms with E-state index in [1.165, 1.54) is 0 Å². The molecule has 1 aromatic rings. The van der Waals surface area contributed by atoms with Crippen LogP contribution in [0.1, 0.15) is 37.2 Å². The second kappa shape index (κ2) is 6.97. The van der Waals surface area contributed by atoms with Crippen LogP contribution in [0.4, 0.5) is 0 Å². The molecule has 3 heterocycles. The van der Waals surface area contributed by atoms with E-state index in [1.807, 2.05) is 11.4 Å². The van der Waals surface area contributed by atoms with Gasteiger partial charge in [-0.2, -0.15) is 28.4 Å². The van der Waals surface area contributed by atoms with Crippen molar-refractivity contribution in [2.24, 2.45) is 5.92 Å². The molecule has 0 bridgehead atoms. The fourth-order valence-electron chi connectivity index (χ4n) is 3.50. The summed E-state index contributed by atoms with van der Waals surface area (Å²) < 4.78 is 29.0. The zero-order valence-corrected chi connectivity index (χ0v) is 14.4. The number of hydrogen-bond donors (Lipinski definition) is 1. The lowest BCUT2D eigenvalue weighted by Crippen LogP contribution is -2.43. The van der Waals surface area contributed by atoms with E-state index in [0.717, 1.165) is 31.2 Å². The van der Waals surface area contributed by atoms with E-state index >= 15 is 0 Å². The Bertz CT molecular complexity index is 566. The molecule has 7 heteroatoms. The van der Waals surface area contributed by atoms with Crippen LogP contribution in [-0.4, -0.2) is 54.9 Å². The number of aliphatic hydroxyl groups is 1. The van der Waals surface area contributed by atoms with Crippen molar-refractivity contribution in [3.63, 3.8) is 0 Å². The van der Waals surface area contributed by atoms with Crippen LogP contribution in [0.25, 0.3) is 0 Å². The molecule has 2 saturated heterocycles. The van der Waals surface area contributed by atoms with Gasteiger partial charge in [-0.25, -0.2) is 0 Å². The van der Waals surface area contributed by atoms with Gasteiger partial charge in [-0.1, -0.05) is 12.8 Å². The first-order chi connectivity index (χ1) is 10.6. The van der Waals surface area contributed by atoms with Gasteiger partial charge >= 0.3 is 0 Å². The highest BCUT2D eigenvalue weighted by Crippen LogP contribution is 2.35. The molecule has 2 fully saturated rings. The summed E-state index contributed by atoms with van der Waals surface area (Å²) in [5.41, 5.74) is 1.15. The van der Waals surface area contributed by atoms with Gasteiger partial charge in [-0.05, 0) is 35.2 Å². The molecule has 124 valence electrons. The minimum atomic E-state index is -3.39. The van der Waals surface area contributed by atoms with Gasteiger partial charge in [0.05, 0.1) is 0 Å². The van der Waals surface area contributed by atoms with Crippen molar-refractivity contribution < 1.29 is 13.5 Å². The number of aliphatic hydroxyl groups excluding tert-OH is 1. The van der Waals surface area contributed by atoms with Gasteiger partial charge in [0, 0.05) is 44.6 Å². The molecule has 0 aromatic carbocycles. The third-order valence-corrected chi connectivity index (χ3v) is 7.50. The maximum Gasteiger partial charge on any atom is 0.282 e. The molecular formula is C15H24N2O3S2. The predicted molar refractivity (Wildman–Crippen MR) is 88.2 cm³/mol. The van der Waals surface area contributed by atoms with E-state index in [2.05, 4.69) is 5.38 Å². The summed E-state index contributed by atoms with van der Waals surface area (Å²) in [6.07, 6.45) is 4.13. The standard InChI is InChI=1S/C15H24N2O3S2/c18-11-14-9-17(10-15(14)13-5-8-21-12-13)22(19,20)16-6-3-1-2-4-7-16/h5,8,12,14-15,18H,1-4,6-7,9-11H2/t14-,15+/m0/s1. The first-order valence-electron chi connectivity index (χ1n) is 8.01. The molecule has 0 amide bonds. The Morgan fingerprint density at radius 3 is 2.45 bits per heavy atom. The molecule has 0 unspecified atom stereocenters. The normalized spacial score (nSPS) is 28.8. The zero-order valence-electron chi connectivity index (χ0n) is 12.7. The molecule has 1 aromatic heterocycles. The van der Waals surface area contributed by atoms with Gasteiger partial charge in [0.25, 0.3) is 10.2 Å². The number of hydrogen-bond acceptors (Lipinski definition) is 4. The van der Waals surface area contributed by atoms with Crippen LogP contribution < -0.4 is 0 Å². The largest absolute Gasteiger partial charge is 0.396 e. The smallest absolute Gasteiger partial charge is 0.282 e. The molecule has 2 atom stereocenters. The van der Waals surface area contributed by atoms with Gasteiger partial charge in [-0.15, -0.1) is 0 Å². The highest BCUT2D eigenvalue weighted by atomic mass is 32.2. The Hall–Kier alpha value is -0.470. The van der Waals surface area contributed by atoms with Crippen LogP contribution in [0.15, 0.2) is 16.8 Å².